The van der Waals surface area contributed by atoms with Gasteiger partial charge in [-0.25, -0.2) is 0 Å². The van der Waals surface area contributed by atoms with Crippen LogP contribution in [-0.4, -0.2) is 16.5 Å². The molecule has 1 saturated heterocycles. The third-order valence-corrected chi connectivity index (χ3v) is 4.57. The van der Waals surface area contributed by atoms with Crippen molar-refractivity contribution in [1.29, 1.82) is 0 Å². The van der Waals surface area contributed by atoms with E-state index in [9.17, 15) is 0 Å². The molecule has 0 unspecified atom stereocenters. The third kappa shape index (κ3) is 1.20. The molecule has 1 aromatic heterocycles. The summed E-state index contributed by atoms with van der Waals surface area (Å²) in [6, 6.07) is 4.23. The van der Waals surface area contributed by atoms with Crippen LogP contribution in [0.1, 0.15) is 10.3 Å². The van der Waals surface area contributed by atoms with E-state index in [1.807, 2.05) is 29.7 Å². The minimum absolute atomic E-state index is 0.676. The van der Waals surface area contributed by atoms with Crippen molar-refractivity contribution >= 4 is 23.5 Å². The molecule has 1 aliphatic heterocycles. The Labute approximate surface area is 69.0 Å². The van der Waals surface area contributed by atoms with Crippen LogP contribution in [0.25, 0.3) is 0 Å². The number of H-pyrrole nitrogens is 1. The molecule has 1 aromatic rings. The highest BCUT2D eigenvalue weighted by Gasteiger charge is 2.18. The van der Waals surface area contributed by atoms with Crippen LogP contribution in [0.2, 0.25) is 0 Å². The third-order valence-electron chi connectivity index (χ3n) is 1.50. The largest absolute Gasteiger partial charge is 0.363 e. The summed E-state index contributed by atoms with van der Waals surface area (Å²) in [6.45, 7) is 0. The van der Waals surface area contributed by atoms with Crippen LogP contribution in [-0.2, 0) is 0 Å². The maximum absolute atomic E-state index is 3.24. The molecule has 54 valence electrons. The second-order valence-electron chi connectivity index (χ2n) is 2.20. The van der Waals surface area contributed by atoms with E-state index in [0.29, 0.717) is 4.58 Å². The summed E-state index contributed by atoms with van der Waals surface area (Å²) in [5.74, 6) is 2.60. The molecule has 3 heteroatoms. The van der Waals surface area contributed by atoms with Crippen molar-refractivity contribution in [3.05, 3.63) is 24.0 Å². The van der Waals surface area contributed by atoms with Crippen molar-refractivity contribution in [2.75, 3.05) is 11.5 Å². The first-order valence-electron chi connectivity index (χ1n) is 3.33. The van der Waals surface area contributed by atoms with Gasteiger partial charge in [0.15, 0.2) is 0 Å². The van der Waals surface area contributed by atoms with Crippen molar-refractivity contribution in [1.82, 2.24) is 4.98 Å². The Balaban J connectivity index is 2.12. The van der Waals surface area contributed by atoms with Gasteiger partial charge < -0.3 is 4.98 Å². The fourth-order valence-electron chi connectivity index (χ4n) is 1.03. The Hall–Kier alpha value is -0.0200. The summed E-state index contributed by atoms with van der Waals surface area (Å²) >= 11 is 4.06. The van der Waals surface area contributed by atoms with E-state index in [0.717, 1.165) is 0 Å². The summed E-state index contributed by atoms with van der Waals surface area (Å²) in [7, 11) is 0. The summed E-state index contributed by atoms with van der Waals surface area (Å²) < 4.78 is 0.676. The van der Waals surface area contributed by atoms with Crippen molar-refractivity contribution in [2.24, 2.45) is 0 Å². The van der Waals surface area contributed by atoms with Gasteiger partial charge in [0, 0.05) is 23.4 Å². The highest BCUT2D eigenvalue weighted by molar-refractivity contribution is 8.19. The molecule has 0 spiro atoms. The van der Waals surface area contributed by atoms with Crippen LogP contribution in [0.4, 0.5) is 0 Å². The van der Waals surface area contributed by atoms with Gasteiger partial charge in [-0.05, 0) is 12.1 Å². The molecule has 0 radical (unpaired) electrons. The predicted octanol–water partition coefficient (Wildman–Crippen LogP) is 2.49. The van der Waals surface area contributed by atoms with Gasteiger partial charge in [-0.3, -0.25) is 0 Å². The minimum atomic E-state index is 0.676. The van der Waals surface area contributed by atoms with Crippen LogP contribution in [0.5, 0.6) is 0 Å². The first-order chi connectivity index (χ1) is 4.97. The fraction of sp³-hybridized carbons (Fsp3) is 0.429. The average molecular weight is 171 g/mol. The molecule has 0 bridgehead atoms. The van der Waals surface area contributed by atoms with Crippen molar-refractivity contribution in [3.8, 4) is 0 Å². The number of hydrogen-bond donors (Lipinski definition) is 1. The van der Waals surface area contributed by atoms with Crippen LogP contribution in [0.3, 0.4) is 0 Å². The highest BCUT2D eigenvalue weighted by Crippen LogP contribution is 2.44. The second-order valence-corrected chi connectivity index (χ2v) is 4.92. The van der Waals surface area contributed by atoms with Gasteiger partial charge in [0.05, 0.1) is 4.58 Å². The van der Waals surface area contributed by atoms with E-state index < -0.39 is 0 Å². The maximum Gasteiger partial charge on any atom is 0.0900 e. The van der Waals surface area contributed by atoms with E-state index in [-0.39, 0.29) is 0 Å². The lowest BCUT2D eigenvalue weighted by atomic mass is 10.5. The summed E-state index contributed by atoms with van der Waals surface area (Å²) in [6.07, 6.45) is 1.99. The lowest BCUT2D eigenvalue weighted by molar-refractivity contribution is 1.22. The molecule has 2 rings (SSSR count). The van der Waals surface area contributed by atoms with E-state index >= 15 is 0 Å². The number of thioether (sulfide) groups is 2. The topological polar surface area (TPSA) is 15.8 Å². The smallest absolute Gasteiger partial charge is 0.0900 e. The Kier molecular flexibility index (Phi) is 1.95. The quantitative estimate of drug-likeness (QED) is 0.698. The maximum atomic E-state index is 3.24. The molecule has 0 aromatic carbocycles. The molecule has 2 heterocycles. The average Bonchev–Trinajstić information content (AvgIpc) is 2.59. The molecule has 1 fully saturated rings. The van der Waals surface area contributed by atoms with Crippen molar-refractivity contribution in [3.63, 3.8) is 0 Å². The van der Waals surface area contributed by atoms with Crippen LogP contribution in [0, 0.1) is 0 Å². The second kappa shape index (κ2) is 2.93. The lowest BCUT2D eigenvalue weighted by Gasteiger charge is -2.02. The number of aromatic nitrogens is 1. The summed E-state index contributed by atoms with van der Waals surface area (Å²) in [4.78, 5) is 3.24. The molecule has 1 aliphatic rings. The molecule has 0 aliphatic carbocycles. The van der Waals surface area contributed by atoms with Gasteiger partial charge in [-0.2, -0.15) is 0 Å². The number of aromatic amines is 1. The minimum Gasteiger partial charge on any atom is -0.363 e. The van der Waals surface area contributed by atoms with Gasteiger partial charge >= 0.3 is 0 Å². The normalized spacial score (nSPS) is 20.0. The van der Waals surface area contributed by atoms with Gasteiger partial charge in [0.2, 0.25) is 0 Å². The molecule has 0 saturated carbocycles. The number of nitrogens with one attached hydrogen (secondary N) is 1. The first kappa shape index (κ1) is 6.68. The molecule has 1 nitrogen and oxygen atoms in total. The lowest BCUT2D eigenvalue weighted by Crippen LogP contribution is -1.81. The molecule has 10 heavy (non-hydrogen) atoms. The van der Waals surface area contributed by atoms with Gasteiger partial charge in [-0.15, -0.1) is 23.5 Å². The highest BCUT2D eigenvalue weighted by atomic mass is 32.2. The van der Waals surface area contributed by atoms with E-state index in [1.165, 1.54) is 17.2 Å². The number of hydrogen-bond acceptors (Lipinski definition) is 2. The zero-order valence-corrected chi connectivity index (χ0v) is 7.17. The van der Waals surface area contributed by atoms with Crippen molar-refractivity contribution < 1.29 is 0 Å². The Morgan fingerprint density at radius 3 is 2.80 bits per heavy atom. The van der Waals surface area contributed by atoms with E-state index in [4.69, 9.17) is 0 Å². The molecular formula is C7H9NS2. The zero-order valence-electron chi connectivity index (χ0n) is 5.54. The van der Waals surface area contributed by atoms with Gasteiger partial charge in [0.1, 0.15) is 0 Å². The van der Waals surface area contributed by atoms with Crippen LogP contribution in [0.15, 0.2) is 18.3 Å². The zero-order chi connectivity index (χ0) is 6.81. The van der Waals surface area contributed by atoms with Crippen LogP contribution < -0.4 is 0 Å². The molecule has 0 atom stereocenters. The van der Waals surface area contributed by atoms with Crippen LogP contribution >= 0.6 is 23.5 Å². The Morgan fingerprint density at radius 2 is 2.20 bits per heavy atom. The molecular weight excluding hydrogens is 162 g/mol. The molecule has 1 N–H and O–H groups in total. The summed E-state index contributed by atoms with van der Waals surface area (Å²) in [5, 5.41) is 0. The van der Waals surface area contributed by atoms with Crippen molar-refractivity contribution in [2.45, 2.75) is 4.58 Å². The summed E-state index contributed by atoms with van der Waals surface area (Å²) in [5.41, 5.74) is 1.37. The fourth-order valence-corrected chi connectivity index (χ4v) is 3.84. The first-order valence-corrected chi connectivity index (χ1v) is 5.43. The van der Waals surface area contributed by atoms with Gasteiger partial charge in [-0.1, -0.05) is 0 Å². The monoisotopic (exact) mass is 171 g/mol. The Morgan fingerprint density at radius 1 is 1.40 bits per heavy atom. The predicted molar refractivity (Wildman–Crippen MR) is 48.4 cm³/mol. The van der Waals surface area contributed by atoms with E-state index in [1.54, 1.807) is 0 Å². The number of rotatable bonds is 1. The Bertz CT molecular complexity index is 189. The molecule has 0 amide bonds. The van der Waals surface area contributed by atoms with E-state index in [2.05, 4.69) is 17.1 Å². The van der Waals surface area contributed by atoms with Gasteiger partial charge in [0.25, 0.3) is 0 Å². The SMILES string of the molecule is c1c[nH]c(C2SCCS2)c1. The standard InChI is InChI=1S/C7H9NS2/c1-2-6(8-3-1)7-9-4-5-10-7/h1-3,7-8H,4-5H2.